The van der Waals surface area contributed by atoms with Crippen LogP contribution in [-0.4, -0.2) is 69.8 Å². The SMILES string of the molecule is O=C1NCC[C@@H]1C[C@@H](NC(=O)[C@@H]1C2CCC(CC2)N1C(=O)c1cc2c(F)cc(F)cc2[nH]1)C(=O)CO. The van der Waals surface area contributed by atoms with E-state index in [2.05, 4.69) is 15.6 Å². The van der Waals surface area contributed by atoms with E-state index in [1.165, 1.54) is 11.0 Å². The number of hydrogen-bond acceptors (Lipinski definition) is 5. The Morgan fingerprint density at radius 1 is 1.11 bits per heavy atom. The summed E-state index contributed by atoms with van der Waals surface area (Å²) in [4.78, 5) is 55.9. The predicted molar refractivity (Wildman–Crippen MR) is 124 cm³/mol. The molecule has 9 nitrogen and oxygen atoms in total. The first kappa shape index (κ1) is 24.4. The van der Waals surface area contributed by atoms with Crippen molar-refractivity contribution in [3.05, 3.63) is 35.5 Å². The number of carbonyl (C=O) groups is 4. The van der Waals surface area contributed by atoms with E-state index in [4.69, 9.17) is 0 Å². The van der Waals surface area contributed by atoms with Gasteiger partial charge in [-0.05, 0) is 56.6 Å². The van der Waals surface area contributed by atoms with Crippen LogP contribution in [0.15, 0.2) is 18.2 Å². The fourth-order valence-electron chi connectivity index (χ4n) is 5.99. The number of aromatic nitrogens is 1. The van der Waals surface area contributed by atoms with E-state index in [9.17, 15) is 33.1 Å². The molecular weight excluding hydrogens is 474 g/mol. The monoisotopic (exact) mass is 502 g/mol. The topological polar surface area (TPSA) is 132 Å². The second-order valence-corrected chi connectivity index (χ2v) is 9.96. The van der Waals surface area contributed by atoms with Crippen molar-refractivity contribution in [1.82, 2.24) is 20.5 Å². The van der Waals surface area contributed by atoms with Crippen molar-refractivity contribution in [3.63, 3.8) is 0 Å². The molecule has 11 heteroatoms. The van der Waals surface area contributed by atoms with Crippen LogP contribution in [0.1, 0.15) is 49.0 Å². The van der Waals surface area contributed by atoms with Gasteiger partial charge in [0.1, 0.15) is 30.0 Å². The van der Waals surface area contributed by atoms with Gasteiger partial charge in [0, 0.05) is 30.0 Å². The van der Waals surface area contributed by atoms with Crippen LogP contribution >= 0.6 is 0 Å². The second-order valence-electron chi connectivity index (χ2n) is 9.96. The number of nitrogens with zero attached hydrogens (tertiary/aromatic N) is 1. The molecule has 4 N–H and O–H groups in total. The van der Waals surface area contributed by atoms with Crippen molar-refractivity contribution in [2.24, 2.45) is 11.8 Å². The summed E-state index contributed by atoms with van der Waals surface area (Å²) in [6, 6.07) is 1.04. The zero-order chi connectivity index (χ0) is 25.6. The van der Waals surface area contributed by atoms with E-state index >= 15 is 0 Å². The minimum Gasteiger partial charge on any atom is -0.389 e. The van der Waals surface area contributed by atoms with Gasteiger partial charge in [-0.2, -0.15) is 0 Å². The van der Waals surface area contributed by atoms with Gasteiger partial charge in [0.05, 0.1) is 11.6 Å². The average Bonchev–Trinajstić information content (AvgIpc) is 3.48. The van der Waals surface area contributed by atoms with Gasteiger partial charge in [0.2, 0.25) is 11.8 Å². The van der Waals surface area contributed by atoms with Crippen molar-refractivity contribution >= 4 is 34.4 Å². The number of carbonyl (C=O) groups excluding carboxylic acids is 4. The lowest BCUT2D eigenvalue weighted by Crippen LogP contribution is -2.64. The normalized spacial score (nSPS) is 26.2. The van der Waals surface area contributed by atoms with Gasteiger partial charge in [-0.3, -0.25) is 19.2 Å². The molecule has 1 aromatic heterocycles. The molecule has 3 amide bonds. The highest BCUT2D eigenvalue weighted by Gasteiger charge is 2.48. The Labute approximate surface area is 205 Å². The third-order valence-corrected chi connectivity index (χ3v) is 7.81. The molecule has 4 aliphatic rings. The molecule has 0 radical (unpaired) electrons. The number of Topliss-reactive ketones (excluding diaryl/α,β-unsaturated/α-hetero) is 1. The summed E-state index contributed by atoms with van der Waals surface area (Å²) in [5.41, 5.74) is 0.188. The van der Waals surface area contributed by atoms with Crippen LogP contribution < -0.4 is 10.6 Å². The minimum absolute atomic E-state index is 0.0467. The molecule has 2 bridgehead atoms. The summed E-state index contributed by atoms with van der Waals surface area (Å²) in [5, 5.41) is 14.9. The van der Waals surface area contributed by atoms with Crippen molar-refractivity contribution in [2.45, 2.75) is 56.7 Å². The Kier molecular flexibility index (Phi) is 6.50. The van der Waals surface area contributed by atoms with E-state index in [-0.39, 0.29) is 40.9 Å². The molecule has 4 heterocycles. The summed E-state index contributed by atoms with van der Waals surface area (Å²) in [6.45, 7) is -0.295. The number of piperidine rings is 2. The van der Waals surface area contributed by atoms with Crippen LogP contribution in [0, 0.1) is 23.5 Å². The Bertz CT molecular complexity index is 1220. The Hall–Kier alpha value is -3.34. The molecule has 192 valence electrons. The molecule has 3 atom stereocenters. The molecular formula is C25H28F2N4O5. The van der Waals surface area contributed by atoms with Crippen molar-refractivity contribution in [1.29, 1.82) is 0 Å². The Morgan fingerprint density at radius 3 is 2.53 bits per heavy atom. The maximum Gasteiger partial charge on any atom is 0.271 e. The maximum atomic E-state index is 14.2. The Morgan fingerprint density at radius 2 is 1.86 bits per heavy atom. The van der Waals surface area contributed by atoms with Crippen LogP contribution in [0.25, 0.3) is 10.9 Å². The lowest BCUT2D eigenvalue weighted by Gasteiger charge is -2.50. The lowest BCUT2D eigenvalue weighted by molar-refractivity contribution is -0.137. The number of amides is 3. The van der Waals surface area contributed by atoms with Crippen molar-refractivity contribution in [2.75, 3.05) is 13.2 Å². The minimum atomic E-state index is -1.06. The van der Waals surface area contributed by atoms with Crippen LogP contribution in [0.3, 0.4) is 0 Å². The quantitative estimate of drug-likeness (QED) is 0.455. The molecule has 2 aromatic rings. The number of nitrogens with one attached hydrogen (secondary N) is 3. The number of ketones is 1. The molecule has 36 heavy (non-hydrogen) atoms. The molecule has 3 aliphatic heterocycles. The molecule has 1 aromatic carbocycles. The van der Waals surface area contributed by atoms with Crippen LogP contribution in [0.2, 0.25) is 0 Å². The largest absolute Gasteiger partial charge is 0.389 e. The van der Waals surface area contributed by atoms with Gasteiger partial charge in [-0.1, -0.05) is 0 Å². The first-order chi connectivity index (χ1) is 17.3. The summed E-state index contributed by atoms with van der Waals surface area (Å²) in [7, 11) is 0. The highest BCUT2D eigenvalue weighted by molar-refractivity contribution is 6.01. The number of H-pyrrole nitrogens is 1. The van der Waals surface area contributed by atoms with E-state index in [0.29, 0.717) is 25.8 Å². The smallest absolute Gasteiger partial charge is 0.271 e. The third kappa shape index (κ3) is 4.36. The average molecular weight is 503 g/mol. The van der Waals surface area contributed by atoms with Gasteiger partial charge < -0.3 is 25.6 Å². The number of rotatable bonds is 7. The third-order valence-electron chi connectivity index (χ3n) is 7.81. The molecule has 0 spiro atoms. The molecule has 4 fully saturated rings. The highest BCUT2D eigenvalue weighted by atomic mass is 19.1. The molecule has 1 aliphatic carbocycles. The summed E-state index contributed by atoms with van der Waals surface area (Å²) in [5.74, 6) is -3.96. The predicted octanol–water partition coefficient (Wildman–Crippen LogP) is 1.40. The fourth-order valence-corrected chi connectivity index (χ4v) is 5.99. The van der Waals surface area contributed by atoms with E-state index < -0.39 is 53.8 Å². The van der Waals surface area contributed by atoms with E-state index in [0.717, 1.165) is 25.0 Å². The van der Waals surface area contributed by atoms with Gasteiger partial charge >= 0.3 is 0 Å². The number of aliphatic hydroxyl groups is 1. The van der Waals surface area contributed by atoms with Crippen molar-refractivity contribution in [3.8, 4) is 0 Å². The van der Waals surface area contributed by atoms with Crippen LogP contribution in [0.5, 0.6) is 0 Å². The number of benzene rings is 1. The first-order valence-corrected chi connectivity index (χ1v) is 12.3. The van der Waals surface area contributed by atoms with Crippen molar-refractivity contribution < 1.29 is 33.1 Å². The van der Waals surface area contributed by atoms with Gasteiger partial charge in [0.15, 0.2) is 5.78 Å². The van der Waals surface area contributed by atoms with E-state index in [1.807, 2.05) is 0 Å². The Balaban J connectivity index is 1.41. The van der Waals surface area contributed by atoms with Gasteiger partial charge in [0.25, 0.3) is 5.91 Å². The summed E-state index contributed by atoms with van der Waals surface area (Å²) < 4.78 is 27.9. The molecule has 0 unspecified atom stereocenters. The molecule has 3 saturated heterocycles. The summed E-state index contributed by atoms with van der Waals surface area (Å²) in [6.07, 6.45) is 3.50. The number of halogens is 2. The second kappa shape index (κ2) is 9.61. The van der Waals surface area contributed by atoms with Gasteiger partial charge in [-0.15, -0.1) is 0 Å². The van der Waals surface area contributed by atoms with Crippen LogP contribution in [-0.2, 0) is 14.4 Å². The zero-order valence-corrected chi connectivity index (χ0v) is 19.6. The molecule has 1 saturated carbocycles. The fraction of sp³-hybridized carbons (Fsp3) is 0.520. The lowest BCUT2D eigenvalue weighted by atomic mass is 9.74. The van der Waals surface area contributed by atoms with Crippen LogP contribution in [0.4, 0.5) is 8.78 Å². The molecule has 6 rings (SSSR count). The highest BCUT2D eigenvalue weighted by Crippen LogP contribution is 2.41. The maximum absolute atomic E-state index is 14.2. The first-order valence-electron chi connectivity index (χ1n) is 12.3. The summed E-state index contributed by atoms with van der Waals surface area (Å²) >= 11 is 0. The number of fused-ring (bicyclic) bond motifs is 4. The zero-order valence-electron chi connectivity index (χ0n) is 19.6. The van der Waals surface area contributed by atoms with Gasteiger partial charge in [-0.25, -0.2) is 8.78 Å². The number of aromatic amines is 1. The van der Waals surface area contributed by atoms with E-state index in [1.54, 1.807) is 0 Å². The standard InChI is InChI=1S/C25H28F2N4O5/c26-14-8-17(27)16-10-20(29-18(16)9-14)25(36)31-15-3-1-12(2-4-15)22(31)24(35)30-19(21(33)11-32)7-13-5-6-28-23(13)34/h8-10,12-13,15,19,22,29,32H,1-7,11H2,(H,28,34)(H,30,35)/t12?,13-,15?,19-,22+/m1/s1. The number of hydrogen-bond donors (Lipinski definition) is 4. The number of aliphatic hydroxyl groups excluding tert-OH is 1.